The van der Waals surface area contributed by atoms with E-state index in [0.29, 0.717) is 61.2 Å². The number of amides is 3. The summed E-state index contributed by atoms with van der Waals surface area (Å²) in [6, 6.07) is 27.8. The highest BCUT2D eigenvalue weighted by Gasteiger charge is 2.25. The van der Waals surface area contributed by atoms with E-state index in [1.807, 2.05) is 67.6 Å². The number of hydrogen-bond donors (Lipinski definition) is 3. The quantitative estimate of drug-likeness (QED) is 0.0442. The van der Waals surface area contributed by atoms with Gasteiger partial charge in [-0.05, 0) is 85.5 Å². The van der Waals surface area contributed by atoms with Gasteiger partial charge in [-0.15, -0.1) is 0 Å². The second kappa shape index (κ2) is 25.2. The Hall–Kier alpha value is -6.50. The molecule has 0 fully saturated rings. The zero-order valence-corrected chi connectivity index (χ0v) is 35.5. The molecule has 324 valence electrons. The van der Waals surface area contributed by atoms with Crippen LogP contribution < -0.4 is 25.4 Å². The van der Waals surface area contributed by atoms with E-state index >= 15 is 0 Å². The van der Waals surface area contributed by atoms with Crippen LogP contribution in [0.4, 0.5) is 9.59 Å². The molecule has 2 atom stereocenters. The molecule has 0 heterocycles. The van der Waals surface area contributed by atoms with Gasteiger partial charge in [0.05, 0.1) is 31.4 Å². The van der Waals surface area contributed by atoms with Crippen LogP contribution in [0.1, 0.15) is 95.3 Å². The fourth-order valence-corrected chi connectivity index (χ4v) is 6.57. The van der Waals surface area contributed by atoms with Gasteiger partial charge in [-0.1, -0.05) is 86.1 Å². The largest absolute Gasteiger partial charge is 0.496 e. The Kier molecular flexibility index (Phi) is 19.5. The summed E-state index contributed by atoms with van der Waals surface area (Å²) >= 11 is 0. The lowest BCUT2D eigenvalue weighted by atomic mass is 9.93. The predicted octanol–water partition coefficient (Wildman–Crippen LogP) is 7.76. The summed E-state index contributed by atoms with van der Waals surface area (Å²) in [6.07, 6.45) is 2.26. The first-order chi connectivity index (χ1) is 29.5. The number of ketones is 3. The van der Waals surface area contributed by atoms with Crippen LogP contribution in [0.2, 0.25) is 0 Å². The predicted molar refractivity (Wildman–Crippen MR) is 231 cm³/mol. The first kappa shape index (κ1) is 47.2. The van der Waals surface area contributed by atoms with Crippen LogP contribution in [-0.2, 0) is 45.1 Å². The number of nitrogens with one attached hydrogen (secondary N) is 3. The maximum Gasteiger partial charge on any atom is 0.407 e. The number of methoxy groups -OCH3 is 2. The Labute approximate surface area is 357 Å². The fraction of sp³-hybridized carbons (Fsp3) is 0.375. The summed E-state index contributed by atoms with van der Waals surface area (Å²) in [7, 11) is 2.90. The number of ether oxygens (including phenoxy) is 4. The molecule has 3 N–H and O–H groups in total. The summed E-state index contributed by atoms with van der Waals surface area (Å²) < 4.78 is 21.4. The zero-order chi connectivity index (χ0) is 44.0. The number of rotatable bonds is 25. The molecular weight excluding hydrogens is 779 g/mol. The van der Waals surface area contributed by atoms with E-state index in [1.165, 1.54) is 21.1 Å². The number of benzene rings is 4. The molecule has 0 aliphatic rings. The highest BCUT2D eigenvalue weighted by molar-refractivity contribution is 6.01. The Morgan fingerprint density at radius 2 is 1.03 bits per heavy atom. The second-order valence-corrected chi connectivity index (χ2v) is 14.8. The van der Waals surface area contributed by atoms with Crippen LogP contribution in [0.25, 0.3) is 0 Å². The minimum Gasteiger partial charge on any atom is -0.496 e. The molecular formula is C48H57N3O10. The third-order valence-electron chi connectivity index (χ3n) is 10.1. The Morgan fingerprint density at radius 3 is 1.54 bits per heavy atom. The number of carbonyl (C=O) groups excluding carboxylic acids is 6. The molecule has 0 saturated carbocycles. The number of carbonyl (C=O) groups is 6. The van der Waals surface area contributed by atoms with E-state index in [0.717, 1.165) is 17.5 Å². The molecule has 4 rings (SSSR count). The second-order valence-electron chi connectivity index (χ2n) is 14.8. The van der Waals surface area contributed by atoms with Crippen LogP contribution in [-0.4, -0.2) is 68.8 Å². The molecule has 0 radical (unpaired) electrons. The highest BCUT2D eigenvalue weighted by Crippen LogP contribution is 2.24. The van der Waals surface area contributed by atoms with Crippen molar-refractivity contribution in [1.29, 1.82) is 0 Å². The van der Waals surface area contributed by atoms with Gasteiger partial charge in [0.15, 0.2) is 11.6 Å². The molecule has 0 spiro atoms. The highest BCUT2D eigenvalue weighted by atomic mass is 16.6. The van der Waals surface area contributed by atoms with Crippen molar-refractivity contribution in [2.75, 3.05) is 27.3 Å². The number of alkyl carbamates (subject to hydrolysis) is 2. The Morgan fingerprint density at radius 1 is 0.557 bits per heavy atom. The molecule has 0 unspecified atom stereocenters. The standard InChI is InChI=1S/C48H57N3O10/c1-33(15-11-13-25-49-47(56)60-31-35-16-7-5-8-17-35)42(53)29-38-22-24-45(59-4)40(28-38)46(55)51-41(43(54)30-37-21-23-44(58-3)39(27-37)34(2)52)20-12-14-26-50-48(57)61-32-36-18-9-6-10-19-36/h5-10,16-19,21-24,27-28,33,41H,11-15,20,25-26,29-32H2,1-4H3,(H,49,56)(H,50,57)(H,51,55)/t33-,41-/m0/s1. The van der Waals surface area contributed by atoms with E-state index in [4.69, 9.17) is 18.9 Å². The normalized spacial score (nSPS) is 11.7. The molecule has 61 heavy (non-hydrogen) atoms. The molecule has 4 aromatic carbocycles. The lowest BCUT2D eigenvalue weighted by molar-refractivity contribution is -0.122. The minimum absolute atomic E-state index is 0.00166. The SMILES string of the molecule is COc1ccc(CC(=O)[C@H](CCCCNC(=O)OCc2ccccc2)NC(=O)c2cc(CC(=O)[C@@H](C)CCCCNC(=O)OCc3ccccc3)ccc2OC)cc1C(C)=O. The van der Waals surface area contributed by atoms with Crippen molar-refractivity contribution in [2.45, 2.75) is 84.5 Å². The van der Waals surface area contributed by atoms with Crippen LogP contribution in [0.5, 0.6) is 11.5 Å². The van der Waals surface area contributed by atoms with E-state index in [-0.39, 0.29) is 67.1 Å². The molecule has 0 aliphatic heterocycles. The van der Waals surface area contributed by atoms with E-state index < -0.39 is 24.1 Å². The molecule has 4 aromatic rings. The van der Waals surface area contributed by atoms with E-state index in [1.54, 1.807) is 36.4 Å². The maximum absolute atomic E-state index is 13.9. The van der Waals surface area contributed by atoms with Crippen molar-refractivity contribution < 1.29 is 47.7 Å². The van der Waals surface area contributed by atoms with E-state index in [2.05, 4.69) is 16.0 Å². The third kappa shape index (κ3) is 16.2. The summed E-state index contributed by atoms with van der Waals surface area (Å²) in [5.41, 5.74) is 3.49. The van der Waals surface area contributed by atoms with Crippen molar-refractivity contribution in [2.24, 2.45) is 5.92 Å². The van der Waals surface area contributed by atoms with Crippen molar-refractivity contribution in [1.82, 2.24) is 16.0 Å². The average molecular weight is 836 g/mol. The Balaban J connectivity index is 1.33. The van der Waals surface area contributed by atoms with Crippen molar-refractivity contribution in [3.63, 3.8) is 0 Å². The number of hydrogen-bond acceptors (Lipinski definition) is 10. The van der Waals surface area contributed by atoms with E-state index in [9.17, 15) is 28.8 Å². The van der Waals surface area contributed by atoms with Gasteiger partial charge in [0, 0.05) is 31.8 Å². The van der Waals surface area contributed by atoms with Crippen LogP contribution in [0.3, 0.4) is 0 Å². The average Bonchev–Trinajstić information content (AvgIpc) is 3.27. The molecule has 13 heteroatoms. The summed E-state index contributed by atoms with van der Waals surface area (Å²) in [4.78, 5) is 77.6. The smallest absolute Gasteiger partial charge is 0.407 e. The van der Waals surface area contributed by atoms with Gasteiger partial charge >= 0.3 is 12.2 Å². The monoisotopic (exact) mass is 835 g/mol. The molecule has 3 amide bonds. The summed E-state index contributed by atoms with van der Waals surface area (Å²) in [5.74, 6) is -0.612. The first-order valence-corrected chi connectivity index (χ1v) is 20.6. The number of Topliss-reactive ketones (excluding diaryl/α,β-unsaturated/α-hetero) is 3. The first-order valence-electron chi connectivity index (χ1n) is 20.6. The molecule has 13 nitrogen and oxygen atoms in total. The molecule has 0 aliphatic carbocycles. The van der Waals surface area contributed by atoms with Gasteiger partial charge in [-0.3, -0.25) is 19.2 Å². The fourth-order valence-electron chi connectivity index (χ4n) is 6.57. The van der Waals surface area contributed by atoms with Crippen molar-refractivity contribution in [3.8, 4) is 11.5 Å². The maximum atomic E-state index is 13.9. The number of unbranched alkanes of at least 4 members (excludes halogenated alkanes) is 2. The van der Waals surface area contributed by atoms with Crippen LogP contribution in [0, 0.1) is 5.92 Å². The summed E-state index contributed by atoms with van der Waals surface area (Å²) in [6.45, 7) is 4.33. The zero-order valence-electron chi connectivity index (χ0n) is 35.5. The topological polar surface area (TPSA) is 175 Å². The van der Waals surface area contributed by atoms with Gasteiger partial charge in [0.1, 0.15) is 30.5 Å². The van der Waals surface area contributed by atoms with Gasteiger partial charge in [0.25, 0.3) is 5.91 Å². The van der Waals surface area contributed by atoms with Gasteiger partial charge in [-0.2, -0.15) is 0 Å². The lowest BCUT2D eigenvalue weighted by Gasteiger charge is -2.20. The summed E-state index contributed by atoms with van der Waals surface area (Å²) in [5, 5.41) is 8.36. The Bertz CT molecular complexity index is 2070. The molecule has 0 aromatic heterocycles. The van der Waals surface area contributed by atoms with Crippen molar-refractivity contribution >= 4 is 35.4 Å². The lowest BCUT2D eigenvalue weighted by Crippen LogP contribution is -2.42. The molecule has 0 bridgehead atoms. The van der Waals surface area contributed by atoms with Crippen LogP contribution >= 0.6 is 0 Å². The molecule has 0 saturated heterocycles. The van der Waals surface area contributed by atoms with Crippen molar-refractivity contribution in [3.05, 3.63) is 130 Å². The van der Waals surface area contributed by atoms with Gasteiger partial charge in [0.2, 0.25) is 0 Å². The minimum atomic E-state index is -0.921. The van der Waals surface area contributed by atoms with Crippen LogP contribution in [0.15, 0.2) is 97.1 Å². The van der Waals surface area contributed by atoms with Gasteiger partial charge in [-0.25, -0.2) is 9.59 Å². The van der Waals surface area contributed by atoms with Gasteiger partial charge < -0.3 is 34.9 Å². The third-order valence-corrected chi connectivity index (χ3v) is 10.1.